The van der Waals surface area contributed by atoms with Crippen LogP contribution in [0, 0.1) is 0 Å². The molecule has 0 saturated heterocycles. The lowest BCUT2D eigenvalue weighted by atomic mass is 10.0. The SMILES string of the molecule is CC(C)(C)OC(=O)NCCCCCCn1nc(-c2ccc(NC(=O)N3Cc4ccncc4C3)cc2)cc(-c2ccc3cccnc3c2)c1=O. The highest BCUT2D eigenvalue weighted by Gasteiger charge is 2.23. The first-order valence-corrected chi connectivity index (χ1v) is 16.7. The first kappa shape index (κ1) is 33.3. The van der Waals surface area contributed by atoms with Crippen molar-refractivity contribution in [2.45, 2.75) is 71.7 Å². The molecule has 6 rings (SSSR count). The second-order valence-electron chi connectivity index (χ2n) is 13.2. The molecule has 0 atom stereocenters. The number of rotatable bonds is 10. The molecule has 3 amide bonds. The molecule has 2 N–H and O–H groups in total. The van der Waals surface area contributed by atoms with Gasteiger partial charge in [0.15, 0.2) is 0 Å². The van der Waals surface area contributed by atoms with Gasteiger partial charge >= 0.3 is 12.1 Å². The van der Waals surface area contributed by atoms with Crippen molar-refractivity contribution < 1.29 is 14.3 Å². The van der Waals surface area contributed by atoms with Crippen LogP contribution >= 0.6 is 0 Å². The Bertz CT molecular complexity index is 1990. The van der Waals surface area contributed by atoms with E-state index in [1.807, 2.05) is 87.5 Å². The Labute approximate surface area is 285 Å². The van der Waals surface area contributed by atoms with E-state index in [1.54, 1.807) is 28.2 Å². The number of amides is 3. The number of nitrogens with one attached hydrogen (secondary N) is 2. The molecule has 4 heterocycles. The molecule has 49 heavy (non-hydrogen) atoms. The summed E-state index contributed by atoms with van der Waals surface area (Å²) in [5.41, 5.74) is 5.72. The molecule has 0 unspecified atom stereocenters. The number of hydrogen-bond donors (Lipinski definition) is 2. The molecule has 0 saturated carbocycles. The fraction of sp³-hybridized carbons (Fsp3) is 0.316. The van der Waals surface area contributed by atoms with Crippen molar-refractivity contribution in [3.8, 4) is 22.4 Å². The van der Waals surface area contributed by atoms with Crippen molar-refractivity contribution in [1.82, 2.24) is 30.0 Å². The van der Waals surface area contributed by atoms with Crippen LogP contribution in [-0.2, 0) is 24.4 Å². The average Bonchev–Trinajstić information content (AvgIpc) is 3.53. The average molecular weight is 660 g/mol. The highest BCUT2D eigenvalue weighted by atomic mass is 16.6. The largest absolute Gasteiger partial charge is 0.444 e. The quantitative estimate of drug-likeness (QED) is 0.152. The molecule has 0 fully saturated rings. The summed E-state index contributed by atoms with van der Waals surface area (Å²) in [5.74, 6) is 0. The third kappa shape index (κ3) is 8.48. The van der Waals surface area contributed by atoms with Crippen LogP contribution in [-0.4, -0.2) is 48.9 Å². The number of nitrogens with zero attached hydrogens (tertiary/aromatic N) is 5. The Morgan fingerprint density at radius 1 is 0.878 bits per heavy atom. The van der Waals surface area contributed by atoms with Crippen LogP contribution in [0.15, 0.2) is 90.1 Å². The summed E-state index contributed by atoms with van der Waals surface area (Å²) >= 11 is 0. The minimum atomic E-state index is -0.529. The van der Waals surface area contributed by atoms with Gasteiger partial charge in [-0.3, -0.25) is 14.8 Å². The summed E-state index contributed by atoms with van der Waals surface area (Å²) in [4.78, 5) is 49.1. The van der Waals surface area contributed by atoms with E-state index in [-0.39, 0.29) is 11.6 Å². The highest BCUT2D eigenvalue weighted by molar-refractivity contribution is 5.90. The molecule has 0 radical (unpaired) electrons. The number of hydrogen-bond acceptors (Lipinski definition) is 7. The van der Waals surface area contributed by atoms with Gasteiger partial charge in [0.2, 0.25) is 0 Å². The third-order valence-electron chi connectivity index (χ3n) is 8.30. The zero-order chi connectivity index (χ0) is 34.4. The lowest BCUT2D eigenvalue weighted by Gasteiger charge is -2.19. The Balaban J connectivity index is 1.15. The number of benzene rings is 2. The van der Waals surface area contributed by atoms with Crippen molar-refractivity contribution in [2.75, 3.05) is 11.9 Å². The number of pyridine rings is 2. The highest BCUT2D eigenvalue weighted by Crippen LogP contribution is 2.27. The van der Waals surface area contributed by atoms with Gasteiger partial charge in [-0.2, -0.15) is 5.10 Å². The summed E-state index contributed by atoms with van der Waals surface area (Å²) in [6, 6.07) is 20.8. The van der Waals surface area contributed by atoms with Gasteiger partial charge in [0.05, 0.1) is 16.8 Å². The Kier molecular flexibility index (Phi) is 9.98. The number of carbonyl (C=O) groups excluding carboxylic acids is 2. The molecular formula is C38H41N7O4. The molecule has 1 aliphatic heterocycles. The van der Waals surface area contributed by atoms with Crippen LogP contribution in [0.25, 0.3) is 33.3 Å². The number of unbranched alkanes of at least 4 members (excludes halogenated alkanes) is 3. The minimum absolute atomic E-state index is 0.170. The first-order valence-electron chi connectivity index (χ1n) is 16.7. The maximum Gasteiger partial charge on any atom is 0.407 e. The fourth-order valence-electron chi connectivity index (χ4n) is 5.81. The minimum Gasteiger partial charge on any atom is -0.444 e. The van der Waals surface area contributed by atoms with Gasteiger partial charge in [0.1, 0.15) is 5.60 Å². The molecule has 11 heteroatoms. The molecular weight excluding hydrogens is 618 g/mol. The number of carbonyl (C=O) groups is 2. The molecule has 2 aromatic carbocycles. The monoisotopic (exact) mass is 659 g/mol. The zero-order valence-electron chi connectivity index (χ0n) is 28.1. The van der Waals surface area contributed by atoms with Crippen molar-refractivity contribution in [3.05, 3.63) is 107 Å². The smallest absolute Gasteiger partial charge is 0.407 e. The van der Waals surface area contributed by atoms with E-state index in [1.165, 1.54) is 0 Å². The lowest BCUT2D eigenvalue weighted by Crippen LogP contribution is -2.33. The number of alkyl carbamates (subject to hydrolysis) is 1. The summed E-state index contributed by atoms with van der Waals surface area (Å²) in [5, 5.41) is 11.5. The molecule has 252 valence electrons. The number of urea groups is 1. The second kappa shape index (κ2) is 14.7. The molecule has 5 aromatic rings. The molecule has 0 bridgehead atoms. The van der Waals surface area contributed by atoms with Gasteiger partial charge in [0.25, 0.3) is 5.56 Å². The standard InChI is InChI=1S/C38H41N7O4/c1-38(2,3)49-37(48)41-17-6-4-5-7-20-45-35(46)32(28-11-10-26-9-8-18-40-33(26)21-28)22-34(43-45)27-12-14-31(15-13-27)42-36(47)44-24-29-16-19-39-23-30(29)25-44/h8-16,18-19,21-23H,4-7,17,20,24-25H2,1-3H3,(H,41,48)(H,42,47). The number of ether oxygens (including phenoxy) is 1. The topological polar surface area (TPSA) is 131 Å². The van der Waals surface area contributed by atoms with E-state index in [0.29, 0.717) is 43.1 Å². The number of aryl methyl sites for hydroxylation is 1. The first-order chi connectivity index (χ1) is 23.6. The van der Waals surface area contributed by atoms with Crippen LogP contribution < -0.4 is 16.2 Å². The molecule has 0 spiro atoms. The van der Waals surface area contributed by atoms with E-state index in [4.69, 9.17) is 9.84 Å². The molecule has 0 aliphatic carbocycles. The van der Waals surface area contributed by atoms with Crippen LogP contribution in [0.4, 0.5) is 15.3 Å². The number of aromatic nitrogens is 4. The molecule has 11 nitrogen and oxygen atoms in total. The van der Waals surface area contributed by atoms with E-state index < -0.39 is 11.7 Å². The summed E-state index contributed by atoms with van der Waals surface area (Å²) < 4.78 is 6.83. The van der Waals surface area contributed by atoms with Crippen LogP contribution in [0.2, 0.25) is 0 Å². The number of fused-ring (bicyclic) bond motifs is 2. The van der Waals surface area contributed by atoms with Crippen LogP contribution in [0.3, 0.4) is 0 Å². The van der Waals surface area contributed by atoms with Crippen molar-refractivity contribution in [3.63, 3.8) is 0 Å². The van der Waals surface area contributed by atoms with Gasteiger partial charge in [-0.15, -0.1) is 0 Å². The summed E-state index contributed by atoms with van der Waals surface area (Å²) in [7, 11) is 0. The van der Waals surface area contributed by atoms with Crippen molar-refractivity contribution >= 4 is 28.7 Å². The predicted octanol–water partition coefficient (Wildman–Crippen LogP) is 7.15. The van der Waals surface area contributed by atoms with Gasteiger partial charge in [-0.25, -0.2) is 14.3 Å². The molecule has 3 aromatic heterocycles. The summed E-state index contributed by atoms with van der Waals surface area (Å²) in [6.45, 7) is 7.56. The Morgan fingerprint density at radius 2 is 1.65 bits per heavy atom. The van der Waals surface area contributed by atoms with Crippen LogP contribution in [0.1, 0.15) is 57.6 Å². The Morgan fingerprint density at radius 3 is 2.45 bits per heavy atom. The zero-order valence-corrected chi connectivity index (χ0v) is 28.1. The maximum atomic E-state index is 13.8. The molecule has 1 aliphatic rings. The van der Waals surface area contributed by atoms with E-state index in [9.17, 15) is 14.4 Å². The van der Waals surface area contributed by atoms with E-state index in [0.717, 1.165) is 58.8 Å². The van der Waals surface area contributed by atoms with Gasteiger partial charge in [-0.05, 0) is 86.7 Å². The van der Waals surface area contributed by atoms with E-state index >= 15 is 0 Å². The van der Waals surface area contributed by atoms with Gasteiger partial charge in [0, 0.05) is 61.4 Å². The van der Waals surface area contributed by atoms with Crippen LogP contribution in [0.5, 0.6) is 0 Å². The number of anilines is 1. The fourth-order valence-corrected chi connectivity index (χ4v) is 5.81. The normalized spacial score (nSPS) is 12.5. The third-order valence-corrected chi connectivity index (χ3v) is 8.30. The van der Waals surface area contributed by atoms with Gasteiger partial charge in [-0.1, -0.05) is 43.2 Å². The second-order valence-corrected chi connectivity index (χ2v) is 13.2. The van der Waals surface area contributed by atoms with E-state index in [2.05, 4.69) is 20.6 Å². The summed E-state index contributed by atoms with van der Waals surface area (Å²) in [6.07, 6.45) is 8.20. The lowest BCUT2D eigenvalue weighted by molar-refractivity contribution is 0.0527. The van der Waals surface area contributed by atoms with Crippen molar-refractivity contribution in [1.29, 1.82) is 0 Å². The van der Waals surface area contributed by atoms with Crippen molar-refractivity contribution in [2.24, 2.45) is 0 Å². The Hall–Kier alpha value is -5.58. The maximum absolute atomic E-state index is 13.8. The predicted molar refractivity (Wildman–Crippen MR) is 190 cm³/mol. The van der Waals surface area contributed by atoms with Gasteiger partial charge < -0.3 is 20.3 Å².